The van der Waals surface area contributed by atoms with Crippen LogP contribution in [-0.4, -0.2) is 25.6 Å². The fraction of sp³-hybridized carbons (Fsp3) is 0.364. The molecule has 7 heteroatoms. The zero-order valence-electron chi connectivity index (χ0n) is 16.2. The van der Waals surface area contributed by atoms with Crippen molar-refractivity contribution >= 4 is 22.6 Å². The van der Waals surface area contributed by atoms with E-state index < -0.39 is 5.97 Å². The number of aromatic carboxylic acids is 1. The van der Waals surface area contributed by atoms with Gasteiger partial charge >= 0.3 is 5.97 Å². The number of aromatic nitrogens is 3. The summed E-state index contributed by atoms with van der Waals surface area (Å²) in [5.74, 6) is -0.0794. The molecule has 2 N–H and O–H groups in total. The van der Waals surface area contributed by atoms with Crippen LogP contribution in [0.15, 0.2) is 41.5 Å². The minimum Gasteiger partial charge on any atom is -0.478 e. The van der Waals surface area contributed by atoms with Crippen molar-refractivity contribution in [2.45, 2.75) is 50.6 Å². The van der Waals surface area contributed by atoms with Crippen LogP contribution in [-0.2, 0) is 12.0 Å². The van der Waals surface area contributed by atoms with Crippen molar-refractivity contribution < 1.29 is 9.90 Å². The Kier molecular flexibility index (Phi) is 3.94. The Morgan fingerprint density at radius 2 is 2.03 bits per heavy atom. The molecule has 2 aromatic heterocycles. The molecule has 5 rings (SSSR count). The van der Waals surface area contributed by atoms with Crippen LogP contribution in [0.25, 0.3) is 10.9 Å². The number of benzene rings is 1. The Bertz CT molecular complexity index is 1200. The van der Waals surface area contributed by atoms with Gasteiger partial charge in [-0.2, -0.15) is 0 Å². The molecule has 1 aromatic carbocycles. The smallest absolute Gasteiger partial charge is 0.337 e. The van der Waals surface area contributed by atoms with Crippen LogP contribution in [0, 0.1) is 0 Å². The zero-order valence-corrected chi connectivity index (χ0v) is 16.2. The summed E-state index contributed by atoms with van der Waals surface area (Å²) in [6.45, 7) is 2.65. The number of pyridine rings is 1. The number of rotatable bonds is 4. The summed E-state index contributed by atoms with van der Waals surface area (Å²) >= 11 is 0. The van der Waals surface area contributed by atoms with E-state index in [0.717, 1.165) is 37.2 Å². The van der Waals surface area contributed by atoms with E-state index in [-0.39, 0.29) is 22.6 Å². The molecule has 3 heterocycles. The monoisotopic (exact) mass is 390 g/mol. The van der Waals surface area contributed by atoms with Crippen LogP contribution >= 0.6 is 0 Å². The number of carboxylic acids is 1. The van der Waals surface area contributed by atoms with Gasteiger partial charge < -0.3 is 10.4 Å². The van der Waals surface area contributed by atoms with Crippen LogP contribution in [0.5, 0.6) is 0 Å². The average molecular weight is 390 g/mol. The third kappa shape index (κ3) is 2.64. The van der Waals surface area contributed by atoms with Gasteiger partial charge in [-0.3, -0.25) is 14.3 Å². The molecule has 0 unspecified atom stereocenters. The normalized spacial score (nSPS) is 17.7. The van der Waals surface area contributed by atoms with E-state index in [1.165, 1.54) is 6.42 Å². The summed E-state index contributed by atoms with van der Waals surface area (Å²) < 4.78 is 1.82. The lowest BCUT2D eigenvalue weighted by Crippen LogP contribution is -2.34. The van der Waals surface area contributed by atoms with Gasteiger partial charge in [0.15, 0.2) is 0 Å². The van der Waals surface area contributed by atoms with Crippen molar-refractivity contribution in [1.82, 2.24) is 14.5 Å². The van der Waals surface area contributed by atoms with Crippen LogP contribution in [0.4, 0.5) is 5.69 Å². The quantitative estimate of drug-likeness (QED) is 0.708. The molecule has 1 saturated carbocycles. The Balaban J connectivity index is 1.61. The van der Waals surface area contributed by atoms with Crippen LogP contribution < -0.4 is 10.9 Å². The SMILES string of the molecule is C[C@@H](Nc1ccccc1C(=O)O)c1cncc2c(=O)n3c(nc12)C1(CCC1)CC3. The number of carbonyl (C=O) groups is 1. The second-order valence-corrected chi connectivity index (χ2v) is 8.12. The number of nitrogens with one attached hydrogen (secondary N) is 1. The van der Waals surface area contributed by atoms with E-state index in [1.54, 1.807) is 36.7 Å². The molecule has 2 aliphatic rings. The van der Waals surface area contributed by atoms with E-state index in [9.17, 15) is 14.7 Å². The lowest BCUT2D eigenvalue weighted by atomic mass is 9.67. The number of para-hydroxylation sites is 1. The second-order valence-electron chi connectivity index (χ2n) is 8.12. The van der Waals surface area contributed by atoms with Gasteiger partial charge in [0.1, 0.15) is 5.82 Å². The van der Waals surface area contributed by atoms with Gasteiger partial charge in [-0.15, -0.1) is 0 Å². The van der Waals surface area contributed by atoms with Gasteiger partial charge in [-0.25, -0.2) is 9.78 Å². The second kappa shape index (κ2) is 6.40. The first kappa shape index (κ1) is 17.8. The average Bonchev–Trinajstić information content (AvgIpc) is 3.08. The van der Waals surface area contributed by atoms with Gasteiger partial charge in [-0.05, 0) is 38.3 Å². The number of anilines is 1. The maximum absolute atomic E-state index is 13.1. The molecule has 0 bridgehead atoms. The molecule has 1 aliphatic heterocycles. The molecular formula is C22H22N4O3. The van der Waals surface area contributed by atoms with Crippen molar-refractivity contribution in [1.29, 1.82) is 0 Å². The van der Waals surface area contributed by atoms with E-state index in [0.29, 0.717) is 16.6 Å². The summed E-state index contributed by atoms with van der Waals surface area (Å²) in [4.78, 5) is 33.9. The minimum absolute atomic E-state index is 0.0266. The first-order valence-electron chi connectivity index (χ1n) is 9.98. The molecule has 1 fully saturated rings. The molecule has 3 aromatic rings. The standard InChI is InChI=1S/C22H22N4O3/c1-13(24-17-6-3-2-5-14(17)20(28)29)15-11-23-12-16-18(15)25-21-22(7-4-8-22)9-10-26(21)19(16)27/h2-3,5-6,11-13,24H,4,7-10H2,1H3,(H,28,29)/t13-/m1/s1. The number of nitrogens with zero attached hydrogens (tertiary/aromatic N) is 3. The Labute approximate surface area is 167 Å². The lowest BCUT2D eigenvalue weighted by molar-refractivity contribution is 0.0698. The Hall–Kier alpha value is -3.22. The number of fused-ring (bicyclic) bond motifs is 3. The fourth-order valence-corrected chi connectivity index (χ4v) is 4.71. The molecule has 148 valence electrons. The highest BCUT2D eigenvalue weighted by Gasteiger charge is 2.46. The molecule has 0 amide bonds. The maximum atomic E-state index is 13.1. The van der Waals surface area contributed by atoms with Crippen molar-refractivity contribution in [2.24, 2.45) is 0 Å². The zero-order chi connectivity index (χ0) is 20.2. The molecule has 1 atom stereocenters. The van der Waals surface area contributed by atoms with E-state index in [1.807, 2.05) is 11.5 Å². The highest BCUT2D eigenvalue weighted by Crippen LogP contribution is 2.49. The van der Waals surface area contributed by atoms with E-state index in [2.05, 4.69) is 10.3 Å². The Morgan fingerprint density at radius 1 is 1.24 bits per heavy atom. The molecule has 0 saturated heterocycles. The van der Waals surface area contributed by atoms with Crippen molar-refractivity contribution in [3.05, 3.63) is 64.0 Å². The number of hydrogen-bond acceptors (Lipinski definition) is 5. The first-order chi connectivity index (χ1) is 14.0. The fourth-order valence-electron chi connectivity index (χ4n) is 4.71. The van der Waals surface area contributed by atoms with Gasteiger partial charge in [0.2, 0.25) is 0 Å². The summed E-state index contributed by atoms with van der Waals surface area (Å²) in [7, 11) is 0. The summed E-state index contributed by atoms with van der Waals surface area (Å²) in [5, 5.41) is 13.2. The third-order valence-electron chi connectivity index (χ3n) is 6.49. The molecule has 7 nitrogen and oxygen atoms in total. The van der Waals surface area contributed by atoms with Gasteiger partial charge in [0.05, 0.1) is 22.5 Å². The van der Waals surface area contributed by atoms with Crippen LogP contribution in [0.2, 0.25) is 0 Å². The first-order valence-corrected chi connectivity index (χ1v) is 9.98. The van der Waals surface area contributed by atoms with Crippen molar-refractivity contribution in [3.63, 3.8) is 0 Å². The minimum atomic E-state index is -0.988. The van der Waals surface area contributed by atoms with Crippen molar-refractivity contribution in [3.8, 4) is 0 Å². The maximum Gasteiger partial charge on any atom is 0.337 e. The number of hydrogen-bond donors (Lipinski definition) is 2. The highest BCUT2D eigenvalue weighted by molar-refractivity contribution is 5.94. The van der Waals surface area contributed by atoms with Crippen LogP contribution in [0.3, 0.4) is 0 Å². The predicted molar refractivity (Wildman–Crippen MR) is 109 cm³/mol. The van der Waals surface area contributed by atoms with E-state index >= 15 is 0 Å². The molecule has 1 spiro atoms. The summed E-state index contributed by atoms with van der Waals surface area (Å²) in [6, 6.07) is 6.53. The molecule has 0 radical (unpaired) electrons. The Morgan fingerprint density at radius 3 is 2.76 bits per heavy atom. The van der Waals surface area contributed by atoms with Crippen LogP contribution in [0.1, 0.15) is 60.4 Å². The lowest BCUT2D eigenvalue weighted by Gasteiger charge is -2.37. The summed E-state index contributed by atoms with van der Waals surface area (Å²) in [6.07, 6.45) is 7.64. The van der Waals surface area contributed by atoms with E-state index in [4.69, 9.17) is 4.98 Å². The van der Waals surface area contributed by atoms with Gasteiger partial charge in [0, 0.05) is 35.6 Å². The van der Waals surface area contributed by atoms with Gasteiger partial charge in [0.25, 0.3) is 5.56 Å². The molecule has 1 aliphatic carbocycles. The topological polar surface area (TPSA) is 97.1 Å². The highest BCUT2D eigenvalue weighted by atomic mass is 16.4. The molecule has 29 heavy (non-hydrogen) atoms. The third-order valence-corrected chi connectivity index (χ3v) is 6.49. The predicted octanol–water partition coefficient (Wildman–Crippen LogP) is 3.49. The van der Waals surface area contributed by atoms with Crippen molar-refractivity contribution in [2.75, 3.05) is 5.32 Å². The molecular weight excluding hydrogens is 368 g/mol. The van der Waals surface area contributed by atoms with Gasteiger partial charge in [-0.1, -0.05) is 18.6 Å². The summed E-state index contributed by atoms with van der Waals surface area (Å²) in [5.41, 5.74) is 2.22. The largest absolute Gasteiger partial charge is 0.478 e. The number of carboxylic acid groups (broad SMARTS) is 1.